The number of carbonyl (C=O) groups is 2. The third-order valence-corrected chi connectivity index (χ3v) is 7.07. The smallest absolute Gasteiger partial charge is 0.338 e. The number of aliphatic imine (C=N–C) groups is 1. The molecule has 5 heteroatoms. The van der Waals surface area contributed by atoms with E-state index in [2.05, 4.69) is 11.9 Å². The summed E-state index contributed by atoms with van der Waals surface area (Å²) >= 11 is 0. The van der Waals surface area contributed by atoms with E-state index in [0.717, 1.165) is 12.8 Å². The summed E-state index contributed by atoms with van der Waals surface area (Å²) in [6.45, 7) is 6.64. The third kappa shape index (κ3) is 12.6. The number of aliphatic hydroxyl groups excluding tert-OH is 1. The standard InChI is InChI=1S/C32H49NO4/c1-4-5-6-7-8-9-10-11-12-13-14-15-16-17-22-37-31(36)26-18-20-27(21-19-26)33-25-28-29(34)23-32(2,3)24-30(28)35/h18-21,25,34H,4-17,22-24H2,1-3H3. The van der Waals surface area contributed by atoms with Crippen LogP contribution in [-0.2, 0) is 9.53 Å². The first-order chi connectivity index (χ1) is 17.8. The summed E-state index contributed by atoms with van der Waals surface area (Å²) in [6.07, 6.45) is 20.5. The van der Waals surface area contributed by atoms with Crippen molar-refractivity contribution < 1.29 is 19.4 Å². The first-order valence-corrected chi connectivity index (χ1v) is 14.6. The van der Waals surface area contributed by atoms with Crippen LogP contribution in [0.15, 0.2) is 40.6 Å². The first kappa shape index (κ1) is 30.8. The van der Waals surface area contributed by atoms with Crippen molar-refractivity contribution in [3.05, 3.63) is 41.2 Å². The van der Waals surface area contributed by atoms with Crippen molar-refractivity contribution in [1.82, 2.24) is 0 Å². The molecule has 1 aromatic rings. The number of nitrogens with zero attached hydrogens (tertiary/aromatic N) is 1. The molecule has 2 rings (SSSR count). The molecule has 0 saturated carbocycles. The van der Waals surface area contributed by atoms with E-state index in [1.165, 1.54) is 83.3 Å². The number of hydrogen-bond acceptors (Lipinski definition) is 5. The molecule has 0 bridgehead atoms. The van der Waals surface area contributed by atoms with Gasteiger partial charge in [0.2, 0.25) is 0 Å². The van der Waals surface area contributed by atoms with Crippen molar-refractivity contribution in [2.24, 2.45) is 10.4 Å². The Morgan fingerprint density at radius 1 is 0.865 bits per heavy atom. The van der Waals surface area contributed by atoms with Crippen LogP contribution >= 0.6 is 0 Å². The lowest BCUT2D eigenvalue weighted by atomic mass is 9.77. The molecule has 1 aromatic carbocycles. The Kier molecular flexibility index (Phi) is 14.3. The highest BCUT2D eigenvalue weighted by Crippen LogP contribution is 2.35. The molecule has 37 heavy (non-hydrogen) atoms. The predicted octanol–water partition coefficient (Wildman–Crippen LogP) is 9.23. The minimum absolute atomic E-state index is 0.0914. The average molecular weight is 512 g/mol. The van der Waals surface area contributed by atoms with E-state index >= 15 is 0 Å². The minimum Gasteiger partial charge on any atom is -0.511 e. The molecule has 1 aliphatic carbocycles. The van der Waals surface area contributed by atoms with Crippen molar-refractivity contribution in [3.8, 4) is 0 Å². The fraction of sp³-hybridized carbons (Fsp3) is 0.656. The summed E-state index contributed by atoms with van der Waals surface area (Å²) in [5, 5.41) is 10.2. The number of Topliss-reactive ketones (excluding diaryl/α,β-unsaturated/α-hetero) is 1. The van der Waals surface area contributed by atoms with Crippen molar-refractivity contribution in [1.29, 1.82) is 0 Å². The van der Waals surface area contributed by atoms with Crippen LogP contribution in [-0.4, -0.2) is 29.7 Å². The van der Waals surface area contributed by atoms with Crippen molar-refractivity contribution in [2.45, 2.75) is 124 Å². The number of benzene rings is 1. The number of aliphatic hydroxyl groups is 1. The largest absolute Gasteiger partial charge is 0.511 e. The number of hydrogen-bond donors (Lipinski definition) is 1. The van der Waals surface area contributed by atoms with Crippen LogP contribution in [0.1, 0.15) is 134 Å². The molecule has 0 fully saturated rings. The van der Waals surface area contributed by atoms with Crippen LogP contribution in [0.25, 0.3) is 0 Å². The minimum atomic E-state index is -0.324. The molecule has 0 unspecified atom stereocenters. The van der Waals surface area contributed by atoms with Gasteiger partial charge < -0.3 is 9.84 Å². The van der Waals surface area contributed by atoms with Crippen LogP contribution < -0.4 is 0 Å². The summed E-state index contributed by atoms with van der Waals surface area (Å²) in [6, 6.07) is 6.79. The van der Waals surface area contributed by atoms with Gasteiger partial charge in [0.15, 0.2) is 5.78 Å². The zero-order valence-corrected chi connectivity index (χ0v) is 23.5. The summed E-state index contributed by atoms with van der Waals surface area (Å²) in [4.78, 5) is 28.9. The van der Waals surface area contributed by atoms with E-state index < -0.39 is 0 Å². The van der Waals surface area contributed by atoms with E-state index in [1.807, 2.05) is 13.8 Å². The number of esters is 1. The fourth-order valence-electron chi connectivity index (χ4n) is 4.82. The molecular weight excluding hydrogens is 462 g/mol. The van der Waals surface area contributed by atoms with Crippen molar-refractivity contribution in [3.63, 3.8) is 0 Å². The lowest BCUT2D eigenvalue weighted by molar-refractivity contribution is -0.117. The molecule has 0 aliphatic heterocycles. The molecule has 0 radical (unpaired) electrons. The number of ketones is 1. The Morgan fingerprint density at radius 2 is 1.38 bits per heavy atom. The van der Waals surface area contributed by atoms with Crippen LogP contribution in [0.2, 0.25) is 0 Å². The summed E-state index contributed by atoms with van der Waals surface area (Å²) in [5.74, 6) is -0.329. The van der Waals surface area contributed by atoms with Gasteiger partial charge in [0.25, 0.3) is 0 Å². The van der Waals surface area contributed by atoms with Gasteiger partial charge in [0.05, 0.1) is 23.4 Å². The van der Waals surface area contributed by atoms with E-state index in [-0.39, 0.29) is 28.5 Å². The van der Waals surface area contributed by atoms with Crippen molar-refractivity contribution >= 4 is 23.7 Å². The molecule has 0 heterocycles. The topological polar surface area (TPSA) is 76.0 Å². The maximum Gasteiger partial charge on any atom is 0.338 e. The van der Waals surface area contributed by atoms with Crippen LogP contribution in [0.3, 0.4) is 0 Å². The zero-order valence-electron chi connectivity index (χ0n) is 23.5. The Labute approximate surface area is 224 Å². The summed E-state index contributed by atoms with van der Waals surface area (Å²) < 4.78 is 5.42. The Morgan fingerprint density at radius 3 is 1.89 bits per heavy atom. The lowest BCUT2D eigenvalue weighted by Gasteiger charge is -2.28. The Hall–Kier alpha value is -2.43. The third-order valence-electron chi connectivity index (χ3n) is 7.07. The number of ether oxygens (including phenoxy) is 1. The molecule has 1 aliphatic rings. The monoisotopic (exact) mass is 511 g/mol. The normalized spacial score (nSPS) is 15.5. The van der Waals surface area contributed by atoms with Gasteiger partial charge in [0.1, 0.15) is 5.76 Å². The second kappa shape index (κ2) is 17.1. The number of rotatable bonds is 18. The highest BCUT2D eigenvalue weighted by Gasteiger charge is 2.32. The van der Waals surface area contributed by atoms with Crippen LogP contribution in [0.4, 0.5) is 5.69 Å². The van der Waals surface area contributed by atoms with Gasteiger partial charge in [-0.25, -0.2) is 4.79 Å². The van der Waals surface area contributed by atoms with Gasteiger partial charge >= 0.3 is 5.97 Å². The quantitative estimate of drug-likeness (QED) is 0.121. The van der Waals surface area contributed by atoms with Crippen LogP contribution in [0.5, 0.6) is 0 Å². The molecule has 0 amide bonds. The maximum absolute atomic E-state index is 12.3. The highest BCUT2D eigenvalue weighted by atomic mass is 16.5. The molecule has 5 nitrogen and oxygen atoms in total. The van der Waals surface area contributed by atoms with Gasteiger partial charge in [-0.2, -0.15) is 0 Å². The van der Waals surface area contributed by atoms with Gasteiger partial charge in [-0.3, -0.25) is 9.79 Å². The van der Waals surface area contributed by atoms with Gasteiger partial charge in [0, 0.05) is 19.1 Å². The SMILES string of the molecule is CCCCCCCCCCCCCCCCOC(=O)c1ccc(N=CC2=C(O)CC(C)(C)CC2=O)cc1. The van der Waals surface area contributed by atoms with Crippen LogP contribution in [0, 0.1) is 5.41 Å². The molecule has 0 aromatic heterocycles. The van der Waals surface area contributed by atoms with Gasteiger partial charge in [-0.1, -0.05) is 104 Å². The van der Waals surface area contributed by atoms with E-state index in [9.17, 15) is 14.7 Å². The molecule has 1 N–H and O–H groups in total. The average Bonchev–Trinajstić information content (AvgIpc) is 2.85. The summed E-state index contributed by atoms with van der Waals surface area (Å²) in [5.41, 5.74) is 1.15. The number of allylic oxidation sites excluding steroid dienone is 2. The zero-order chi connectivity index (χ0) is 26.9. The first-order valence-electron chi connectivity index (χ1n) is 14.6. The molecule has 0 atom stereocenters. The summed E-state index contributed by atoms with van der Waals surface area (Å²) in [7, 11) is 0. The molecule has 0 spiro atoms. The maximum atomic E-state index is 12.3. The van der Waals surface area contributed by atoms with E-state index in [0.29, 0.717) is 30.7 Å². The number of unbranched alkanes of at least 4 members (excludes halogenated alkanes) is 13. The predicted molar refractivity (Wildman–Crippen MR) is 153 cm³/mol. The number of carbonyl (C=O) groups excluding carboxylic acids is 2. The molecular formula is C32H49NO4. The molecule has 0 saturated heterocycles. The van der Waals surface area contributed by atoms with Gasteiger partial charge in [-0.15, -0.1) is 0 Å². The highest BCUT2D eigenvalue weighted by molar-refractivity contribution is 6.14. The Balaban J connectivity index is 1.55. The van der Waals surface area contributed by atoms with Crippen molar-refractivity contribution in [2.75, 3.05) is 6.61 Å². The second-order valence-corrected chi connectivity index (χ2v) is 11.3. The Bertz CT molecular complexity index is 883. The van der Waals surface area contributed by atoms with E-state index in [1.54, 1.807) is 24.3 Å². The lowest BCUT2D eigenvalue weighted by Crippen LogP contribution is -2.26. The molecule has 206 valence electrons. The van der Waals surface area contributed by atoms with E-state index in [4.69, 9.17) is 4.74 Å². The fourth-order valence-corrected chi connectivity index (χ4v) is 4.82. The van der Waals surface area contributed by atoms with Gasteiger partial charge in [-0.05, 0) is 36.1 Å². The second-order valence-electron chi connectivity index (χ2n) is 11.3.